The molecule has 0 aliphatic heterocycles. The van der Waals surface area contributed by atoms with Gasteiger partial charge in [-0.15, -0.1) is 0 Å². The lowest BCUT2D eigenvalue weighted by molar-refractivity contribution is -0.143. The molecule has 0 atom stereocenters. The molecule has 1 saturated carbocycles. The molecular weight excluding hydrogens is 289 g/mol. The van der Waals surface area contributed by atoms with E-state index in [-0.39, 0.29) is 18.9 Å². The zero-order chi connectivity index (χ0) is 14.0. The Morgan fingerprint density at radius 1 is 1.32 bits per heavy atom. The molecule has 19 heavy (non-hydrogen) atoms. The zero-order valence-corrected chi connectivity index (χ0v) is 11.6. The maximum Gasteiger partial charge on any atom is 0.311 e. The van der Waals surface area contributed by atoms with E-state index in [1.165, 1.54) is 0 Å². The molecule has 0 spiro atoms. The summed E-state index contributed by atoms with van der Waals surface area (Å²) >= 11 is 11.7. The number of carbonyl (C=O) groups is 2. The van der Waals surface area contributed by atoms with Crippen LogP contribution in [0.25, 0.3) is 0 Å². The van der Waals surface area contributed by atoms with Gasteiger partial charge in [0.1, 0.15) is 0 Å². The summed E-state index contributed by atoms with van der Waals surface area (Å²) in [7, 11) is 0. The number of benzene rings is 1. The number of halogens is 2. The smallest absolute Gasteiger partial charge is 0.311 e. The molecule has 1 fully saturated rings. The summed E-state index contributed by atoms with van der Waals surface area (Å²) in [5, 5.41) is 12.6. The highest BCUT2D eigenvalue weighted by Gasteiger charge is 2.50. The number of carboxylic acids is 1. The van der Waals surface area contributed by atoms with Gasteiger partial charge < -0.3 is 10.4 Å². The molecule has 1 aromatic rings. The zero-order valence-electron chi connectivity index (χ0n) is 10.1. The first kappa shape index (κ1) is 14.2. The molecule has 1 amide bonds. The second-order valence-corrected chi connectivity index (χ2v) is 5.62. The van der Waals surface area contributed by atoms with Gasteiger partial charge in [-0.3, -0.25) is 9.59 Å². The third-order valence-corrected chi connectivity index (χ3v) is 3.88. The van der Waals surface area contributed by atoms with E-state index in [4.69, 9.17) is 28.3 Å². The molecule has 1 aromatic carbocycles. The van der Waals surface area contributed by atoms with E-state index in [0.29, 0.717) is 28.5 Å². The van der Waals surface area contributed by atoms with Crippen LogP contribution < -0.4 is 5.32 Å². The highest BCUT2D eigenvalue weighted by Crippen LogP contribution is 2.45. The van der Waals surface area contributed by atoms with Gasteiger partial charge in [-0.1, -0.05) is 29.3 Å². The van der Waals surface area contributed by atoms with Crippen molar-refractivity contribution in [1.82, 2.24) is 5.32 Å². The molecule has 1 aliphatic rings. The Morgan fingerprint density at radius 2 is 2.00 bits per heavy atom. The maximum absolute atomic E-state index is 11.8. The van der Waals surface area contributed by atoms with E-state index >= 15 is 0 Å². The van der Waals surface area contributed by atoms with Crippen molar-refractivity contribution in [3.8, 4) is 0 Å². The molecule has 6 heteroatoms. The topological polar surface area (TPSA) is 66.4 Å². The van der Waals surface area contributed by atoms with Crippen LogP contribution in [0.3, 0.4) is 0 Å². The van der Waals surface area contributed by atoms with Gasteiger partial charge in [0.25, 0.3) is 0 Å². The lowest BCUT2D eigenvalue weighted by Crippen LogP contribution is -2.35. The number of carboxylic acid groups (broad SMARTS) is 1. The molecule has 0 heterocycles. The molecule has 2 N–H and O–H groups in total. The molecule has 0 radical (unpaired) electrons. The molecular formula is C13H13Cl2NO3. The van der Waals surface area contributed by atoms with Crippen molar-refractivity contribution >= 4 is 35.1 Å². The molecule has 0 aromatic heterocycles. The van der Waals surface area contributed by atoms with Crippen LogP contribution in [0, 0.1) is 5.41 Å². The van der Waals surface area contributed by atoms with Crippen molar-refractivity contribution in [3.63, 3.8) is 0 Å². The van der Waals surface area contributed by atoms with Crippen LogP contribution >= 0.6 is 23.2 Å². The monoisotopic (exact) mass is 301 g/mol. The first-order valence-corrected chi connectivity index (χ1v) is 6.63. The summed E-state index contributed by atoms with van der Waals surface area (Å²) in [6, 6.07) is 4.93. The number of hydrogen-bond donors (Lipinski definition) is 2. The van der Waals surface area contributed by atoms with Crippen molar-refractivity contribution in [3.05, 3.63) is 33.8 Å². The fourth-order valence-corrected chi connectivity index (χ4v) is 2.26. The summed E-state index contributed by atoms with van der Waals surface area (Å²) < 4.78 is 0. The molecule has 2 rings (SSSR count). The van der Waals surface area contributed by atoms with E-state index in [9.17, 15) is 9.59 Å². The molecule has 1 aliphatic carbocycles. The van der Waals surface area contributed by atoms with Crippen LogP contribution in [-0.2, 0) is 16.0 Å². The van der Waals surface area contributed by atoms with Crippen molar-refractivity contribution in [2.75, 3.05) is 6.54 Å². The van der Waals surface area contributed by atoms with E-state index in [0.717, 1.165) is 0 Å². The maximum atomic E-state index is 11.8. The van der Waals surface area contributed by atoms with Crippen LogP contribution in [0.2, 0.25) is 10.0 Å². The predicted molar refractivity (Wildman–Crippen MR) is 72.5 cm³/mol. The van der Waals surface area contributed by atoms with Gasteiger partial charge in [0.2, 0.25) is 5.91 Å². The Labute approximate surface area is 120 Å². The third-order valence-electron chi connectivity index (χ3n) is 3.30. The van der Waals surface area contributed by atoms with Crippen LogP contribution in [0.5, 0.6) is 0 Å². The quantitative estimate of drug-likeness (QED) is 0.878. The van der Waals surface area contributed by atoms with Crippen molar-refractivity contribution in [2.24, 2.45) is 5.41 Å². The second kappa shape index (κ2) is 5.39. The SMILES string of the molecule is O=C(Cc1ccc(Cl)cc1Cl)NCC1(C(=O)O)CC1. The van der Waals surface area contributed by atoms with Crippen LogP contribution in [0.1, 0.15) is 18.4 Å². The number of aliphatic carboxylic acids is 1. The third kappa shape index (κ3) is 3.39. The van der Waals surface area contributed by atoms with Gasteiger partial charge >= 0.3 is 5.97 Å². The number of nitrogens with one attached hydrogen (secondary N) is 1. The Bertz CT molecular complexity index is 527. The predicted octanol–water partition coefficient (Wildman–Crippen LogP) is 2.52. The Balaban J connectivity index is 1.89. The fourth-order valence-electron chi connectivity index (χ4n) is 1.79. The minimum atomic E-state index is -0.850. The minimum absolute atomic E-state index is 0.117. The molecule has 102 valence electrons. The summed E-state index contributed by atoms with van der Waals surface area (Å²) in [6.07, 6.45) is 1.35. The van der Waals surface area contributed by atoms with E-state index < -0.39 is 11.4 Å². The number of hydrogen-bond acceptors (Lipinski definition) is 2. The van der Waals surface area contributed by atoms with Gasteiger partial charge in [-0.25, -0.2) is 0 Å². The minimum Gasteiger partial charge on any atom is -0.481 e. The Morgan fingerprint density at radius 3 is 2.53 bits per heavy atom. The standard InChI is InChI=1S/C13H13Cl2NO3/c14-9-2-1-8(10(15)6-9)5-11(17)16-7-13(3-4-13)12(18)19/h1-2,6H,3-5,7H2,(H,16,17)(H,18,19). The average molecular weight is 302 g/mol. The van der Waals surface area contributed by atoms with Crippen LogP contribution in [-0.4, -0.2) is 23.5 Å². The number of rotatable bonds is 5. The van der Waals surface area contributed by atoms with Crippen LogP contribution in [0.15, 0.2) is 18.2 Å². The van der Waals surface area contributed by atoms with Crippen molar-refractivity contribution in [1.29, 1.82) is 0 Å². The van der Waals surface area contributed by atoms with Crippen molar-refractivity contribution in [2.45, 2.75) is 19.3 Å². The number of amides is 1. The normalized spacial score (nSPS) is 15.9. The molecule has 4 nitrogen and oxygen atoms in total. The van der Waals surface area contributed by atoms with E-state index in [1.54, 1.807) is 18.2 Å². The Kier molecular flexibility index (Phi) is 4.02. The summed E-state index contributed by atoms with van der Waals surface area (Å²) in [4.78, 5) is 22.7. The highest BCUT2D eigenvalue weighted by atomic mass is 35.5. The molecule has 0 unspecified atom stereocenters. The van der Waals surface area contributed by atoms with Gasteiger partial charge in [0.15, 0.2) is 0 Å². The van der Waals surface area contributed by atoms with Gasteiger partial charge in [-0.05, 0) is 30.5 Å². The van der Waals surface area contributed by atoms with Crippen LogP contribution in [0.4, 0.5) is 0 Å². The first-order valence-electron chi connectivity index (χ1n) is 5.87. The van der Waals surface area contributed by atoms with Gasteiger partial charge in [0.05, 0.1) is 11.8 Å². The lowest BCUT2D eigenvalue weighted by Gasteiger charge is -2.11. The fraction of sp³-hybridized carbons (Fsp3) is 0.385. The lowest BCUT2D eigenvalue weighted by atomic mass is 10.1. The first-order chi connectivity index (χ1) is 8.93. The largest absolute Gasteiger partial charge is 0.481 e. The summed E-state index contributed by atoms with van der Waals surface area (Å²) in [5.41, 5.74) is -0.0804. The summed E-state index contributed by atoms with van der Waals surface area (Å²) in [6.45, 7) is 0.173. The summed E-state index contributed by atoms with van der Waals surface area (Å²) in [5.74, 6) is -1.09. The Hall–Kier alpha value is -1.26. The van der Waals surface area contributed by atoms with E-state index in [1.807, 2.05) is 0 Å². The van der Waals surface area contributed by atoms with Gasteiger partial charge in [0, 0.05) is 16.6 Å². The molecule has 0 saturated heterocycles. The average Bonchev–Trinajstić information content (AvgIpc) is 3.11. The highest BCUT2D eigenvalue weighted by molar-refractivity contribution is 6.35. The second-order valence-electron chi connectivity index (χ2n) is 4.77. The van der Waals surface area contributed by atoms with E-state index in [2.05, 4.69) is 5.32 Å². The van der Waals surface area contributed by atoms with Crippen molar-refractivity contribution < 1.29 is 14.7 Å². The number of carbonyl (C=O) groups excluding carboxylic acids is 1. The molecule has 0 bridgehead atoms. The van der Waals surface area contributed by atoms with Gasteiger partial charge in [-0.2, -0.15) is 0 Å².